The first-order chi connectivity index (χ1) is 4.92. The molecule has 0 amide bonds. The van der Waals surface area contributed by atoms with Crippen molar-refractivity contribution in [2.24, 2.45) is 5.92 Å². The third-order valence-corrected chi connectivity index (χ3v) is 5.96. The van der Waals surface area contributed by atoms with Gasteiger partial charge in [-0.15, -0.1) is 0 Å². The summed E-state index contributed by atoms with van der Waals surface area (Å²) in [7, 11) is -0.271. The average molecular weight is 287 g/mol. The van der Waals surface area contributed by atoms with E-state index in [-0.39, 0.29) is 10.0 Å². The van der Waals surface area contributed by atoms with Crippen LogP contribution in [-0.2, 0) is 0 Å². The Morgan fingerprint density at radius 3 is 2.18 bits per heavy atom. The lowest BCUT2D eigenvalue weighted by molar-refractivity contribution is 0.379. The van der Waals surface area contributed by atoms with Crippen LogP contribution in [0.3, 0.4) is 0 Å². The van der Waals surface area contributed by atoms with Crippen molar-refractivity contribution in [2.45, 2.75) is 19.9 Å². The summed E-state index contributed by atoms with van der Waals surface area (Å²) in [6.07, 6.45) is 4.89. The summed E-state index contributed by atoms with van der Waals surface area (Å²) in [5.74, 6) is 3.59. The molecule has 3 heteroatoms. The fourth-order valence-electron chi connectivity index (χ4n) is 1.54. The molecule has 1 unspecified atom stereocenters. The Morgan fingerprint density at radius 1 is 1.45 bits per heavy atom. The Balaban J connectivity index is 2.59. The van der Waals surface area contributed by atoms with Crippen LogP contribution in [0.1, 0.15) is 13.8 Å². The molecule has 1 atom stereocenters. The predicted molar refractivity (Wildman–Crippen MR) is 63.7 cm³/mol. The van der Waals surface area contributed by atoms with Crippen LogP contribution in [0.5, 0.6) is 0 Å². The second-order valence-electron chi connectivity index (χ2n) is 4.27. The topological polar surface area (TPSA) is 3.24 Å². The van der Waals surface area contributed by atoms with Gasteiger partial charge in [0, 0.05) is 34.8 Å². The highest BCUT2D eigenvalue weighted by Crippen LogP contribution is 2.50. The minimum atomic E-state index is -0.271. The molecule has 68 valence electrons. The molecule has 0 aromatic carbocycles. The van der Waals surface area contributed by atoms with E-state index in [1.807, 2.05) is 0 Å². The normalized spacial score (nSPS) is 34.5. The second kappa shape index (κ2) is 3.42. The molecule has 1 fully saturated rings. The molecule has 1 heterocycles. The molecular weight excluding hydrogens is 269 g/mol. The number of nitrogens with zero attached hydrogens (tertiary/aromatic N) is 1. The van der Waals surface area contributed by atoms with Crippen molar-refractivity contribution in [1.82, 2.24) is 3.11 Å². The molecule has 1 nitrogen and oxygen atoms in total. The highest BCUT2D eigenvalue weighted by Gasteiger charge is 2.34. The van der Waals surface area contributed by atoms with Gasteiger partial charge >= 0.3 is 0 Å². The number of halogens is 1. The zero-order valence-electron chi connectivity index (χ0n) is 7.80. The van der Waals surface area contributed by atoms with Crippen molar-refractivity contribution >= 4 is 32.9 Å². The van der Waals surface area contributed by atoms with Gasteiger partial charge in [-0.05, 0) is 24.2 Å². The first-order valence-electron chi connectivity index (χ1n) is 4.03. The maximum Gasteiger partial charge on any atom is 0.0384 e. The van der Waals surface area contributed by atoms with Crippen molar-refractivity contribution in [1.29, 1.82) is 0 Å². The smallest absolute Gasteiger partial charge is 0.0384 e. The summed E-state index contributed by atoms with van der Waals surface area (Å²) < 4.78 is 2.51. The van der Waals surface area contributed by atoms with Gasteiger partial charge in [-0.1, -0.05) is 13.8 Å². The first-order valence-corrected chi connectivity index (χ1v) is 7.79. The Morgan fingerprint density at radius 2 is 2.00 bits per heavy atom. The molecular formula is C8H18INS. The summed E-state index contributed by atoms with van der Waals surface area (Å²) in [4.78, 5) is 0. The first kappa shape index (κ1) is 10.1. The largest absolute Gasteiger partial charge is 0.235 e. The van der Waals surface area contributed by atoms with E-state index < -0.39 is 0 Å². The standard InChI is InChI=1S/C8H18INS/c1-7(2)8-5-11(3,4)6-10(8)9/h7-8H,5-6H2,1-4H3. The third kappa shape index (κ3) is 2.49. The van der Waals surface area contributed by atoms with Crippen LogP contribution in [0.15, 0.2) is 0 Å². The van der Waals surface area contributed by atoms with Crippen LogP contribution in [0.25, 0.3) is 0 Å². The summed E-state index contributed by atoms with van der Waals surface area (Å²) in [6, 6.07) is 0.834. The zero-order valence-corrected chi connectivity index (χ0v) is 10.8. The van der Waals surface area contributed by atoms with E-state index in [0.29, 0.717) is 0 Å². The van der Waals surface area contributed by atoms with E-state index in [1.54, 1.807) is 0 Å². The van der Waals surface area contributed by atoms with Gasteiger partial charge in [-0.3, -0.25) is 0 Å². The number of rotatable bonds is 1. The maximum absolute atomic E-state index is 2.51. The summed E-state index contributed by atoms with van der Waals surface area (Å²) in [6.45, 7) is 4.66. The molecule has 0 aliphatic carbocycles. The fraction of sp³-hybridized carbons (Fsp3) is 1.00. The summed E-state index contributed by atoms with van der Waals surface area (Å²) in [5, 5.41) is 0. The lowest BCUT2D eigenvalue weighted by atomic mass is 10.1. The van der Waals surface area contributed by atoms with E-state index in [9.17, 15) is 0 Å². The number of hydrogen-bond donors (Lipinski definition) is 0. The third-order valence-electron chi connectivity index (χ3n) is 2.22. The Hall–Kier alpha value is 1.04. The molecule has 0 radical (unpaired) electrons. The van der Waals surface area contributed by atoms with Crippen LogP contribution >= 0.6 is 32.9 Å². The highest BCUT2D eigenvalue weighted by molar-refractivity contribution is 14.1. The molecule has 0 bridgehead atoms. The van der Waals surface area contributed by atoms with Crippen molar-refractivity contribution in [3.05, 3.63) is 0 Å². The molecule has 0 saturated carbocycles. The highest BCUT2D eigenvalue weighted by atomic mass is 127. The Bertz CT molecular complexity index is 147. The van der Waals surface area contributed by atoms with Crippen LogP contribution in [0.2, 0.25) is 0 Å². The van der Waals surface area contributed by atoms with Crippen molar-refractivity contribution < 1.29 is 0 Å². The molecule has 1 rings (SSSR count). The van der Waals surface area contributed by atoms with Crippen molar-refractivity contribution in [3.63, 3.8) is 0 Å². The van der Waals surface area contributed by atoms with Crippen LogP contribution < -0.4 is 0 Å². The SMILES string of the molecule is CC(C)C1CS(C)(C)CN1I. The summed E-state index contributed by atoms with van der Waals surface area (Å²) >= 11 is 2.49. The monoisotopic (exact) mass is 287 g/mol. The minimum absolute atomic E-state index is 0.271. The van der Waals surface area contributed by atoms with E-state index in [1.165, 1.54) is 11.6 Å². The molecule has 1 aliphatic heterocycles. The van der Waals surface area contributed by atoms with Gasteiger partial charge < -0.3 is 0 Å². The molecule has 11 heavy (non-hydrogen) atoms. The number of hydrogen-bond acceptors (Lipinski definition) is 1. The van der Waals surface area contributed by atoms with Gasteiger partial charge in [0.25, 0.3) is 0 Å². The molecule has 1 aliphatic rings. The summed E-state index contributed by atoms with van der Waals surface area (Å²) in [5.41, 5.74) is 0. The van der Waals surface area contributed by atoms with Gasteiger partial charge in [-0.25, -0.2) is 13.1 Å². The quantitative estimate of drug-likeness (QED) is 0.529. The van der Waals surface area contributed by atoms with E-state index in [2.05, 4.69) is 52.3 Å². The predicted octanol–water partition coefficient (Wildman–Crippen LogP) is 2.70. The zero-order chi connectivity index (χ0) is 8.65. The molecule has 1 saturated heterocycles. The van der Waals surface area contributed by atoms with Crippen LogP contribution in [-0.4, -0.2) is 33.3 Å². The lowest BCUT2D eigenvalue weighted by Gasteiger charge is -2.23. The van der Waals surface area contributed by atoms with Crippen molar-refractivity contribution in [3.8, 4) is 0 Å². The van der Waals surface area contributed by atoms with Gasteiger partial charge in [0.05, 0.1) is 0 Å². The van der Waals surface area contributed by atoms with Gasteiger partial charge in [0.2, 0.25) is 0 Å². The van der Waals surface area contributed by atoms with E-state index in [0.717, 1.165) is 12.0 Å². The van der Waals surface area contributed by atoms with Crippen molar-refractivity contribution in [2.75, 3.05) is 24.1 Å². The van der Waals surface area contributed by atoms with Crippen LogP contribution in [0.4, 0.5) is 0 Å². The molecule has 0 aromatic heterocycles. The average Bonchev–Trinajstić information content (AvgIpc) is 2.05. The van der Waals surface area contributed by atoms with Crippen LogP contribution in [0, 0.1) is 5.92 Å². The van der Waals surface area contributed by atoms with Gasteiger partial charge in [0.1, 0.15) is 0 Å². The lowest BCUT2D eigenvalue weighted by Crippen LogP contribution is -2.26. The van der Waals surface area contributed by atoms with Gasteiger partial charge in [0.15, 0.2) is 0 Å². The van der Waals surface area contributed by atoms with E-state index >= 15 is 0 Å². The molecule has 0 spiro atoms. The van der Waals surface area contributed by atoms with Gasteiger partial charge in [-0.2, -0.15) is 0 Å². The molecule has 0 aromatic rings. The maximum atomic E-state index is 2.51. The minimum Gasteiger partial charge on any atom is -0.235 e. The second-order valence-corrected chi connectivity index (χ2v) is 9.64. The Labute approximate surface area is 85.7 Å². The fourth-order valence-corrected chi connectivity index (χ4v) is 7.36. The Kier molecular flexibility index (Phi) is 3.15. The molecule has 0 N–H and O–H groups in total. The van der Waals surface area contributed by atoms with E-state index in [4.69, 9.17) is 0 Å².